The molecule has 0 bridgehead atoms. The first-order chi connectivity index (χ1) is 10.7. The predicted molar refractivity (Wildman–Crippen MR) is 83.8 cm³/mol. The molecule has 0 saturated carbocycles. The van der Waals surface area contributed by atoms with E-state index in [1.807, 2.05) is 30.3 Å². The number of benzene rings is 2. The fourth-order valence-electron chi connectivity index (χ4n) is 2.57. The van der Waals surface area contributed by atoms with Crippen molar-refractivity contribution in [3.8, 4) is 11.3 Å². The fourth-order valence-corrected chi connectivity index (χ4v) is 2.57. The number of rotatable bonds is 2. The molecule has 106 valence electrons. The van der Waals surface area contributed by atoms with Crippen molar-refractivity contribution in [2.75, 3.05) is 0 Å². The van der Waals surface area contributed by atoms with Crippen LogP contribution in [0.25, 0.3) is 33.1 Å². The van der Waals surface area contributed by atoms with Crippen LogP contribution in [0.1, 0.15) is 10.4 Å². The number of carboxylic acid groups (broad SMARTS) is 1. The molecule has 0 aliphatic heterocycles. The van der Waals surface area contributed by atoms with E-state index in [4.69, 9.17) is 5.11 Å². The molecule has 4 rings (SSSR count). The lowest BCUT2D eigenvalue weighted by Gasteiger charge is -2.01. The molecule has 0 spiro atoms. The zero-order chi connectivity index (χ0) is 15.1. The average molecular weight is 289 g/mol. The van der Waals surface area contributed by atoms with Crippen LogP contribution in [-0.2, 0) is 0 Å². The lowest BCUT2D eigenvalue weighted by atomic mass is 10.1. The van der Waals surface area contributed by atoms with E-state index in [0.29, 0.717) is 5.69 Å². The SMILES string of the molecule is O=C(O)c1ccc2[nH]nc(-c3cnc4ccccc4c3)c2c1. The third kappa shape index (κ3) is 1.91. The van der Waals surface area contributed by atoms with Gasteiger partial charge >= 0.3 is 5.97 Å². The molecule has 0 saturated heterocycles. The summed E-state index contributed by atoms with van der Waals surface area (Å²) in [5.74, 6) is -0.953. The Morgan fingerprint density at radius 1 is 1.09 bits per heavy atom. The van der Waals surface area contributed by atoms with Gasteiger partial charge in [0.1, 0.15) is 5.69 Å². The van der Waals surface area contributed by atoms with E-state index < -0.39 is 5.97 Å². The molecule has 5 heteroatoms. The van der Waals surface area contributed by atoms with Crippen LogP contribution in [-0.4, -0.2) is 26.3 Å². The molecule has 4 aromatic rings. The van der Waals surface area contributed by atoms with Crippen LogP contribution in [0.5, 0.6) is 0 Å². The molecule has 2 heterocycles. The van der Waals surface area contributed by atoms with Crippen molar-refractivity contribution in [2.45, 2.75) is 0 Å². The largest absolute Gasteiger partial charge is 0.478 e. The van der Waals surface area contributed by atoms with Gasteiger partial charge in [0.25, 0.3) is 0 Å². The lowest BCUT2D eigenvalue weighted by molar-refractivity contribution is 0.0697. The molecular weight excluding hydrogens is 278 g/mol. The highest BCUT2D eigenvalue weighted by Crippen LogP contribution is 2.28. The van der Waals surface area contributed by atoms with Crippen molar-refractivity contribution >= 4 is 27.8 Å². The normalized spacial score (nSPS) is 11.1. The second-order valence-electron chi connectivity index (χ2n) is 5.05. The maximum atomic E-state index is 11.1. The topological polar surface area (TPSA) is 78.9 Å². The van der Waals surface area contributed by atoms with Gasteiger partial charge in [0.15, 0.2) is 0 Å². The quantitative estimate of drug-likeness (QED) is 0.592. The van der Waals surface area contributed by atoms with Crippen LogP contribution in [0.15, 0.2) is 54.7 Å². The van der Waals surface area contributed by atoms with Crippen LogP contribution < -0.4 is 0 Å². The molecule has 2 N–H and O–H groups in total. The maximum absolute atomic E-state index is 11.1. The van der Waals surface area contributed by atoms with Gasteiger partial charge < -0.3 is 5.11 Å². The summed E-state index contributed by atoms with van der Waals surface area (Å²) in [4.78, 5) is 15.6. The molecular formula is C17H11N3O2. The molecule has 22 heavy (non-hydrogen) atoms. The number of H-pyrrole nitrogens is 1. The average Bonchev–Trinajstić information content (AvgIpc) is 2.97. The van der Waals surface area contributed by atoms with E-state index in [0.717, 1.165) is 27.4 Å². The third-order valence-corrected chi connectivity index (χ3v) is 3.67. The summed E-state index contributed by atoms with van der Waals surface area (Å²) in [6, 6.07) is 14.8. The number of carboxylic acids is 1. The highest BCUT2D eigenvalue weighted by molar-refractivity contribution is 5.99. The van der Waals surface area contributed by atoms with Crippen LogP contribution in [0, 0.1) is 0 Å². The van der Waals surface area contributed by atoms with Crippen LogP contribution in [0.4, 0.5) is 0 Å². The number of carbonyl (C=O) groups is 1. The van der Waals surface area contributed by atoms with Crippen molar-refractivity contribution in [1.82, 2.24) is 15.2 Å². The minimum Gasteiger partial charge on any atom is -0.478 e. The number of hydrogen-bond acceptors (Lipinski definition) is 3. The maximum Gasteiger partial charge on any atom is 0.335 e. The highest BCUT2D eigenvalue weighted by Gasteiger charge is 2.12. The number of aromatic carboxylic acids is 1. The summed E-state index contributed by atoms with van der Waals surface area (Å²) in [6.07, 6.45) is 1.76. The number of nitrogens with one attached hydrogen (secondary N) is 1. The third-order valence-electron chi connectivity index (χ3n) is 3.67. The van der Waals surface area contributed by atoms with E-state index in [1.54, 1.807) is 24.4 Å². The molecule has 0 aliphatic rings. The van der Waals surface area contributed by atoms with E-state index in [2.05, 4.69) is 15.2 Å². The Hall–Kier alpha value is -3.21. The Bertz CT molecular complexity index is 1020. The summed E-state index contributed by atoms with van der Waals surface area (Å²) < 4.78 is 0. The highest BCUT2D eigenvalue weighted by atomic mass is 16.4. The zero-order valence-electron chi connectivity index (χ0n) is 11.4. The number of pyridine rings is 1. The number of aromatic amines is 1. The second kappa shape index (κ2) is 4.66. The van der Waals surface area contributed by atoms with Gasteiger partial charge in [0, 0.05) is 22.5 Å². The van der Waals surface area contributed by atoms with Gasteiger partial charge in [-0.25, -0.2) is 4.79 Å². The van der Waals surface area contributed by atoms with E-state index in [-0.39, 0.29) is 5.56 Å². The number of para-hydroxylation sites is 1. The van der Waals surface area contributed by atoms with Crippen molar-refractivity contribution in [1.29, 1.82) is 0 Å². The monoisotopic (exact) mass is 289 g/mol. The summed E-state index contributed by atoms with van der Waals surface area (Å²) in [5, 5.41) is 18.2. The van der Waals surface area contributed by atoms with Crippen LogP contribution >= 0.6 is 0 Å². The number of aromatic nitrogens is 3. The first kappa shape index (κ1) is 12.5. The summed E-state index contributed by atoms with van der Waals surface area (Å²) in [5.41, 5.74) is 3.51. The number of hydrogen-bond donors (Lipinski definition) is 2. The standard InChI is InChI=1S/C17H11N3O2/c21-17(22)11-5-6-15-13(8-11)16(20-19-15)12-7-10-3-1-2-4-14(10)18-9-12/h1-9H,(H,19,20)(H,21,22). The van der Waals surface area contributed by atoms with Crippen molar-refractivity contribution in [3.05, 3.63) is 60.3 Å². The van der Waals surface area contributed by atoms with E-state index >= 15 is 0 Å². The van der Waals surface area contributed by atoms with Crippen molar-refractivity contribution < 1.29 is 9.90 Å². The second-order valence-corrected chi connectivity index (χ2v) is 5.05. The fraction of sp³-hybridized carbons (Fsp3) is 0. The van der Waals surface area contributed by atoms with Gasteiger partial charge in [-0.3, -0.25) is 10.1 Å². The molecule has 5 nitrogen and oxygen atoms in total. The Labute approximate surface area is 125 Å². The molecule has 2 aromatic carbocycles. The van der Waals surface area contributed by atoms with Gasteiger partial charge in [-0.15, -0.1) is 0 Å². The van der Waals surface area contributed by atoms with E-state index in [9.17, 15) is 4.79 Å². The first-order valence-electron chi connectivity index (χ1n) is 6.79. The van der Waals surface area contributed by atoms with Crippen LogP contribution in [0.3, 0.4) is 0 Å². The van der Waals surface area contributed by atoms with Gasteiger partial charge in [-0.2, -0.15) is 5.10 Å². The van der Waals surface area contributed by atoms with Gasteiger partial charge in [0.05, 0.1) is 16.6 Å². The number of nitrogens with zero attached hydrogens (tertiary/aromatic N) is 2. The Morgan fingerprint density at radius 3 is 2.82 bits per heavy atom. The summed E-state index contributed by atoms with van der Waals surface area (Å²) in [6.45, 7) is 0. The molecule has 2 aromatic heterocycles. The van der Waals surface area contributed by atoms with Gasteiger partial charge in [-0.1, -0.05) is 18.2 Å². The van der Waals surface area contributed by atoms with Crippen LogP contribution in [0.2, 0.25) is 0 Å². The zero-order valence-corrected chi connectivity index (χ0v) is 11.4. The van der Waals surface area contributed by atoms with E-state index in [1.165, 1.54) is 0 Å². The molecule has 0 atom stereocenters. The summed E-state index contributed by atoms with van der Waals surface area (Å²) >= 11 is 0. The Balaban J connectivity index is 1.95. The molecule has 0 unspecified atom stereocenters. The Kier molecular flexibility index (Phi) is 2.66. The smallest absolute Gasteiger partial charge is 0.335 e. The van der Waals surface area contributed by atoms with Crippen molar-refractivity contribution in [3.63, 3.8) is 0 Å². The van der Waals surface area contributed by atoms with Crippen molar-refractivity contribution in [2.24, 2.45) is 0 Å². The van der Waals surface area contributed by atoms with Gasteiger partial charge in [0.2, 0.25) is 0 Å². The minimum atomic E-state index is -0.953. The number of fused-ring (bicyclic) bond motifs is 2. The molecule has 0 fully saturated rings. The minimum absolute atomic E-state index is 0.240. The lowest BCUT2D eigenvalue weighted by Crippen LogP contribution is -1.95. The molecule has 0 aliphatic carbocycles. The summed E-state index contributed by atoms with van der Waals surface area (Å²) in [7, 11) is 0. The molecule has 0 radical (unpaired) electrons. The Morgan fingerprint density at radius 2 is 1.95 bits per heavy atom. The predicted octanol–water partition coefficient (Wildman–Crippen LogP) is 3.48. The first-order valence-corrected chi connectivity index (χ1v) is 6.79. The van der Waals surface area contributed by atoms with Gasteiger partial charge in [-0.05, 0) is 30.3 Å². The molecule has 0 amide bonds.